The van der Waals surface area contributed by atoms with Gasteiger partial charge in [-0.15, -0.1) is 0 Å². The third-order valence-electron chi connectivity index (χ3n) is 3.58. The maximum atomic E-state index is 5.88. The van der Waals surface area contributed by atoms with Gasteiger partial charge in [-0.05, 0) is 48.9 Å². The van der Waals surface area contributed by atoms with Gasteiger partial charge in [-0.25, -0.2) is 9.97 Å². The molecule has 1 aromatic carbocycles. The SMILES string of the molecule is CCc1c(N)ncnc1Oc1ccc2c(c1)CCC2. The number of aryl methyl sites for hydroxylation is 2. The lowest BCUT2D eigenvalue weighted by atomic mass is 10.1. The summed E-state index contributed by atoms with van der Waals surface area (Å²) in [5, 5.41) is 0. The van der Waals surface area contributed by atoms with Crippen molar-refractivity contribution in [2.45, 2.75) is 32.6 Å². The van der Waals surface area contributed by atoms with Crippen molar-refractivity contribution in [3.63, 3.8) is 0 Å². The number of benzene rings is 1. The van der Waals surface area contributed by atoms with E-state index in [9.17, 15) is 0 Å². The van der Waals surface area contributed by atoms with Crippen molar-refractivity contribution in [2.75, 3.05) is 5.73 Å². The van der Waals surface area contributed by atoms with Gasteiger partial charge in [-0.2, -0.15) is 0 Å². The van der Waals surface area contributed by atoms with Crippen LogP contribution in [0.3, 0.4) is 0 Å². The Bertz CT molecular complexity index is 610. The third kappa shape index (κ3) is 2.26. The Morgan fingerprint density at radius 1 is 1.21 bits per heavy atom. The van der Waals surface area contributed by atoms with Gasteiger partial charge in [-0.1, -0.05) is 13.0 Å². The largest absolute Gasteiger partial charge is 0.439 e. The molecule has 0 atom stereocenters. The van der Waals surface area contributed by atoms with Crippen molar-refractivity contribution >= 4 is 5.82 Å². The van der Waals surface area contributed by atoms with E-state index >= 15 is 0 Å². The van der Waals surface area contributed by atoms with Gasteiger partial charge in [0.25, 0.3) is 0 Å². The summed E-state index contributed by atoms with van der Waals surface area (Å²) in [5.74, 6) is 1.88. The molecule has 0 unspecified atom stereocenters. The quantitative estimate of drug-likeness (QED) is 0.916. The fourth-order valence-electron chi connectivity index (χ4n) is 2.55. The normalized spacial score (nSPS) is 13.3. The Morgan fingerprint density at radius 2 is 2.05 bits per heavy atom. The number of nitrogen functional groups attached to an aromatic ring is 1. The van der Waals surface area contributed by atoms with Crippen LogP contribution < -0.4 is 10.5 Å². The van der Waals surface area contributed by atoms with Gasteiger partial charge in [0.15, 0.2) is 0 Å². The van der Waals surface area contributed by atoms with Crippen molar-refractivity contribution in [1.29, 1.82) is 0 Å². The molecule has 0 saturated carbocycles. The predicted molar refractivity (Wildman–Crippen MR) is 74.4 cm³/mol. The van der Waals surface area contributed by atoms with Gasteiger partial charge in [-0.3, -0.25) is 0 Å². The average Bonchev–Trinajstić information content (AvgIpc) is 2.86. The minimum atomic E-state index is 0.494. The van der Waals surface area contributed by atoms with Gasteiger partial charge in [0.1, 0.15) is 17.9 Å². The molecule has 0 aliphatic heterocycles. The van der Waals surface area contributed by atoms with E-state index in [1.54, 1.807) is 0 Å². The Hall–Kier alpha value is -2.10. The first kappa shape index (κ1) is 12.0. The smallest absolute Gasteiger partial charge is 0.227 e. The lowest BCUT2D eigenvalue weighted by molar-refractivity contribution is 0.455. The van der Waals surface area contributed by atoms with E-state index in [0.717, 1.165) is 24.2 Å². The van der Waals surface area contributed by atoms with E-state index in [4.69, 9.17) is 10.5 Å². The molecular formula is C15H17N3O. The lowest BCUT2D eigenvalue weighted by Gasteiger charge is -2.11. The Balaban J connectivity index is 1.91. The molecule has 1 aliphatic carbocycles. The van der Waals surface area contributed by atoms with Crippen molar-refractivity contribution < 1.29 is 4.74 Å². The molecule has 0 radical (unpaired) electrons. The molecule has 0 spiro atoms. The van der Waals surface area contributed by atoms with E-state index in [1.807, 2.05) is 13.0 Å². The molecule has 98 valence electrons. The number of ether oxygens (including phenoxy) is 1. The number of hydrogen-bond donors (Lipinski definition) is 1. The lowest BCUT2D eigenvalue weighted by Crippen LogP contribution is -2.01. The fourth-order valence-corrected chi connectivity index (χ4v) is 2.55. The van der Waals surface area contributed by atoms with Crippen LogP contribution in [0.25, 0.3) is 0 Å². The molecule has 4 nitrogen and oxygen atoms in total. The first-order valence-corrected chi connectivity index (χ1v) is 6.67. The van der Waals surface area contributed by atoms with E-state index < -0.39 is 0 Å². The summed E-state index contributed by atoms with van der Waals surface area (Å²) in [6, 6.07) is 6.26. The highest BCUT2D eigenvalue weighted by molar-refractivity contribution is 5.47. The highest BCUT2D eigenvalue weighted by atomic mass is 16.5. The second kappa shape index (κ2) is 4.88. The van der Waals surface area contributed by atoms with E-state index in [-0.39, 0.29) is 0 Å². The topological polar surface area (TPSA) is 61.0 Å². The summed E-state index contributed by atoms with van der Waals surface area (Å²) < 4.78 is 5.88. The zero-order valence-electron chi connectivity index (χ0n) is 11.0. The van der Waals surface area contributed by atoms with Gasteiger partial charge >= 0.3 is 0 Å². The third-order valence-corrected chi connectivity index (χ3v) is 3.58. The van der Waals surface area contributed by atoms with E-state index in [2.05, 4.69) is 22.1 Å². The van der Waals surface area contributed by atoms with Crippen LogP contribution in [-0.2, 0) is 19.3 Å². The Labute approximate surface area is 112 Å². The summed E-state index contributed by atoms with van der Waals surface area (Å²) in [4.78, 5) is 8.18. The zero-order valence-corrected chi connectivity index (χ0v) is 11.0. The van der Waals surface area contributed by atoms with Gasteiger partial charge in [0.2, 0.25) is 5.88 Å². The molecule has 3 rings (SSSR count). The van der Waals surface area contributed by atoms with Crippen LogP contribution in [0.5, 0.6) is 11.6 Å². The minimum absolute atomic E-state index is 0.494. The Morgan fingerprint density at radius 3 is 2.89 bits per heavy atom. The molecule has 19 heavy (non-hydrogen) atoms. The molecule has 1 aliphatic rings. The van der Waals surface area contributed by atoms with E-state index in [0.29, 0.717) is 11.7 Å². The molecule has 2 aromatic rings. The van der Waals surface area contributed by atoms with Crippen LogP contribution >= 0.6 is 0 Å². The molecule has 0 bridgehead atoms. The second-order valence-corrected chi connectivity index (χ2v) is 4.78. The van der Waals surface area contributed by atoms with Crippen molar-refractivity contribution in [2.24, 2.45) is 0 Å². The van der Waals surface area contributed by atoms with Crippen molar-refractivity contribution in [3.8, 4) is 11.6 Å². The summed E-state index contributed by atoms with van der Waals surface area (Å²) in [6.07, 6.45) is 5.75. The molecule has 0 saturated heterocycles. The van der Waals surface area contributed by atoms with Gasteiger partial charge in [0.05, 0.1) is 5.56 Å². The van der Waals surface area contributed by atoms with Gasteiger partial charge in [0, 0.05) is 0 Å². The van der Waals surface area contributed by atoms with Crippen LogP contribution in [0.2, 0.25) is 0 Å². The molecule has 1 aromatic heterocycles. The first-order valence-electron chi connectivity index (χ1n) is 6.67. The number of nitrogens with zero attached hydrogens (tertiary/aromatic N) is 2. The second-order valence-electron chi connectivity index (χ2n) is 4.78. The molecule has 4 heteroatoms. The number of anilines is 1. The summed E-state index contributed by atoms with van der Waals surface area (Å²) >= 11 is 0. The molecule has 1 heterocycles. The number of rotatable bonds is 3. The number of nitrogens with two attached hydrogens (primary N) is 1. The number of hydrogen-bond acceptors (Lipinski definition) is 4. The van der Waals surface area contributed by atoms with Crippen LogP contribution in [-0.4, -0.2) is 9.97 Å². The van der Waals surface area contributed by atoms with Gasteiger partial charge < -0.3 is 10.5 Å². The van der Waals surface area contributed by atoms with Crippen LogP contribution in [0, 0.1) is 0 Å². The maximum absolute atomic E-state index is 5.88. The minimum Gasteiger partial charge on any atom is -0.439 e. The van der Waals surface area contributed by atoms with Crippen LogP contribution in [0.15, 0.2) is 24.5 Å². The number of fused-ring (bicyclic) bond motifs is 1. The molecule has 0 amide bonds. The van der Waals surface area contributed by atoms with Crippen molar-refractivity contribution in [1.82, 2.24) is 9.97 Å². The molecular weight excluding hydrogens is 238 g/mol. The molecule has 0 fully saturated rings. The van der Waals surface area contributed by atoms with Crippen LogP contribution in [0.1, 0.15) is 30.0 Å². The summed E-state index contributed by atoms with van der Waals surface area (Å²) in [6.45, 7) is 2.02. The first-order chi connectivity index (χ1) is 9.28. The standard InChI is InChI=1S/C15H17N3O/c1-2-13-14(16)17-9-18-15(13)19-12-7-6-10-4-3-5-11(10)8-12/h6-9H,2-5H2,1H3,(H2,16,17,18). The highest BCUT2D eigenvalue weighted by Gasteiger charge is 2.13. The monoisotopic (exact) mass is 255 g/mol. The Kier molecular flexibility index (Phi) is 3.07. The predicted octanol–water partition coefficient (Wildman–Crippen LogP) is 2.90. The summed E-state index contributed by atoms with van der Waals surface area (Å²) in [7, 11) is 0. The highest BCUT2D eigenvalue weighted by Crippen LogP contribution is 2.30. The molecule has 2 N–H and O–H groups in total. The fraction of sp³-hybridized carbons (Fsp3) is 0.333. The number of aromatic nitrogens is 2. The van der Waals surface area contributed by atoms with Crippen LogP contribution in [0.4, 0.5) is 5.82 Å². The zero-order chi connectivity index (χ0) is 13.2. The maximum Gasteiger partial charge on any atom is 0.227 e. The van der Waals surface area contributed by atoms with Crippen molar-refractivity contribution in [3.05, 3.63) is 41.2 Å². The summed E-state index contributed by atoms with van der Waals surface area (Å²) in [5.41, 5.74) is 9.53. The average molecular weight is 255 g/mol. The van der Waals surface area contributed by atoms with E-state index in [1.165, 1.54) is 30.3 Å².